The molecule has 0 saturated carbocycles. The summed E-state index contributed by atoms with van der Waals surface area (Å²) in [4.78, 5) is 38.1. The Bertz CT molecular complexity index is 1220. The lowest BCUT2D eigenvalue weighted by Gasteiger charge is -2.18. The third-order valence-electron chi connectivity index (χ3n) is 13.5. The number of ether oxygens (including phenoxy) is 3. The van der Waals surface area contributed by atoms with Crippen LogP contribution in [0.3, 0.4) is 0 Å². The summed E-state index contributed by atoms with van der Waals surface area (Å²) in [7, 11) is 0. The van der Waals surface area contributed by atoms with Crippen LogP contribution in [0.4, 0.5) is 0 Å². The van der Waals surface area contributed by atoms with Crippen LogP contribution in [-0.2, 0) is 28.6 Å². The van der Waals surface area contributed by atoms with Gasteiger partial charge < -0.3 is 14.2 Å². The highest BCUT2D eigenvalue weighted by Crippen LogP contribution is 2.17. The monoisotopic (exact) mass is 981 g/mol. The van der Waals surface area contributed by atoms with Crippen molar-refractivity contribution >= 4 is 17.9 Å². The van der Waals surface area contributed by atoms with Crippen LogP contribution in [0.2, 0.25) is 0 Å². The number of rotatable bonds is 56. The summed E-state index contributed by atoms with van der Waals surface area (Å²) in [5.41, 5.74) is 0. The van der Waals surface area contributed by atoms with E-state index >= 15 is 0 Å². The van der Waals surface area contributed by atoms with Crippen molar-refractivity contribution in [1.29, 1.82) is 0 Å². The smallest absolute Gasteiger partial charge is 0.306 e. The van der Waals surface area contributed by atoms with Gasteiger partial charge in [0.2, 0.25) is 0 Å². The van der Waals surface area contributed by atoms with Gasteiger partial charge in [-0.2, -0.15) is 0 Å². The molecule has 0 amide bonds. The maximum Gasteiger partial charge on any atom is 0.306 e. The fraction of sp³-hybridized carbons (Fsp3) is 0.828. The molecular weight excluding hydrogens is 865 g/mol. The molecule has 1 atom stereocenters. The molecular formula is C64H116O6. The zero-order valence-corrected chi connectivity index (χ0v) is 46.8. The number of unbranched alkanes of at least 4 members (excludes halogenated alkanes) is 37. The summed E-state index contributed by atoms with van der Waals surface area (Å²) in [6.45, 7) is 6.59. The lowest BCUT2D eigenvalue weighted by atomic mass is 10.0. The van der Waals surface area contributed by atoms with Gasteiger partial charge in [0.25, 0.3) is 0 Å². The third-order valence-corrected chi connectivity index (χ3v) is 13.5. The molecule has 408 valence electrons. The number of esters is 3. The van der Waals surface area contributed by atoms with E-state index in [2.05, 4.69) is 69.4 Å². The molecule has 0 aromatic carbocycles. The Hall–Kier alpha value is -2.63. The molecule has 6 heteroatoms. The fourth-order valence-corrected chi connectivity index (χ4v) is 8.92. The van der Waals surface area contributed by atoms with Crippen LogP contribution in [0.15, 0.2) is 48.6 Å². The molecule has 0 aliphatic heterocycles. The van der Waals surface area contributed by atoms with Crippen molar-refractivity contribution in [1.82, 2.24) is 0 Å². The van der Waals surface area contributed by atoms with Crippen molar-refractivity contribution in [2.75, 3.05) is 13.2 Å². The number of allylic oxidation sites excluding steroid dienone is 8. The highest BCUT2D eigenvalue weighted by atomic mass is 16.6. The first-order valence-electron chi connectivity index (χ1n) is 30.6. The summed E-state index contributed by atoms with van der Waals surface area (Å²) in [6.07, 6.45) is 72.6. The van der Waals surface area contributed by atoms with Gasteiger partial charge in [0.05, 0.1) is 0 Å². The highest BCUT2D eigenvalue weighted by Gasteiger charge is 2.19. The van der Waals surface area contributed by atoms with Gasteiger partial charge >= 0.3 is 17.9 Å². The minimum Gasteiger partial charge on any atom is -0.462 e. The quantitative estimate of drug-likeness (QED) is 0.0261. The van der Waals surface area contributed by atoms with E-state index in [4.69, 9.17) is 14.2 Å². The van der Waals surface area contributed by atoms with Crippen LogP contribution < -0.4 is 0 Å². The normalized spacial score (nSPS) is 12.3. The maximum atomic E-state index is 12.8. The van der Waals surface area contributed by atoms with Gasteiger partial charge in [-0.25, -0.2) is 0 Å². The Balaban J connectivity index is 4.17. The van der Waals surface area contributed by atoms with E-state index in [-0.39, 0.29) is 31.1 Å². The third kappa shape index (κ3) is 56.3. The van der Waals surface area contributed by atoms with Gasteiger partial charge in [0.1, 0.15) is 13.2 Å². The van der Waals surface area contributed by atoms with Crippen LogP contribution in [-0.4, -0.2) is 37.2 Å². The SMILES string of the molecule is CCC/C=C\C/C=C\CCCCCCCC(=O)OC(COC(=O)CCCCCCCCCCCCCC)COC(=O)CCCCCCCCCCCCCCCCC/C=C\C/C=C\CCCCCCC. The van der Waals surface area contributed by atoms with Gasteiger partial charge in [-0.3, -0.25) is 14.4 Å². The number of carbonyl (C=O) groups excluding carboxylic acids is 3. The number of hydrogen-bond donors (Lipinski definition) is 0. The zero-order valence-electron chi connectivity index (χ0n) is 46.8. The van der Waals surface area contributed by atoms with Crippen LogP contribution in [0.25, 0.3) is 0 Å². The van der Waals surface area contributed by atoms with E-state index in [0.29, 0.717) is 19.3 Å². The van der Waals surface area contributed by atoms with E-state index in [1.807, 2.05) is 0 Å². The minimum atomic E-state index is -0.777. The van der Waals surface area contributed by atoms with Crippen LogP contribution >= 0.6 is 0 Å². The van der Waals surface area contributed by atoms with Crippen molar-refractivity contribution in [2.45, 2.75) is 329 Å². The summed E-state index contributed by atoms with van der Waals surface area (Å²) < 4.78 is 16.9. The maximum absolute atomic E-state index is 12.8. The topological polar surface area (TPSA) is 78.9 Å². The molecule has 0 aromatic heterocycles. The molecule has 0 N–H and O–H groups in total. The van der Waals surface area contributed by atoms with Gasteiger partial charge in [-0.05, 0) is 77.0 Å². The van der Waals surface area contributed by atoms with Crippen molar-refractivity contribution in [3.63, 3.8) is 0 Å². The average Bonchev–Trinajstić information content (AvgIpc) is 3.36. The predicted octanol–water partition coefficient (Wildman–Crippen LogP) is 20.6. The number of carbonyl (C=O) groups is 3. The Morgan fingerprint density at radius 2 is 0.543 bits per heavy atom. The summed E-state index contributed by atoms with van der Waals surface area (Å²) >= 11 is 0. The molecule has 6 nitrogen and oxygen atoms in total. The molecule has 0 heterocycles. The largest absolute Gasteiger partial charge is 0.462 e. The van der Waals surface area contributed by atoms with E-state index in [1.165, 1.54) is 186 Å². The summed E-state index contributed by atoms with van der Waals surface area (Å²) in [5, 5.41) is 0. The second kappa shape index (κ2) is 58.9. The Labute approximate surface area is 435 Å². The molecule has 0 saturated heterocycles. The second-order valence-corrected chi connectivity index (χ2v) is 20.6. The van der Waals surface area contributed by atoms with Gasteiger partial charge in [0.15, 0.2) is 6.10 Å². The number of hydrogen-bond acceptors (Lipinski definition) is 6. The average molecular weight is 982 g/mol. The standard InChI is InChI=1S/C64H116O6/c1-4-7-10-13-16-19-22-25-26-27-28-29-30-31-32-33-34-35-36-37-38-40-42-45-48-51-54-57-63(66)69-60-61(59-68-62(65)56-53-50-47-44-41-24-21-18-15-12-9-6-3)70-64(67)58-55-52-49-46-43-39-23-20-17-14-11-8-5-2/h11,14,20,22-23,25,27-28,61H,4-10,12-13,15-19,21,24,26,29-60H2,1-3H3/b14-11-,23-20-,25-22-,28-27-. The molecule has 0 rings (SSSR count). The molecule has 0 bridgehead atoms. The van der Waals surface area contributed by atoms with Crippen molar-refractivity contribution in [3.05, 3.63) is 48.6 Å². The van der Waals surface area contributed by atoms with Gasteiger partial charge in [-0.1, -0.05) is 275 Å². The first-order valence-corrected chi connectivity index (χ1v) is 30.6. The molecule has 0 fully saturated rings. The molecule has 0 aliphatic carbocycles. The van der Waals surface area contributed by atoms with Gasteiger partial charge in [0, 0.05) is 19.3 Å². The fourth-order valence-electron chi connectivity index (χ4n) is 8.92. The van der Waals surface area contributed by atoms with Crippen LogP contribution in [0, 0.1) is 0 Å². The Morgan fingerprint density at radius 3 is 0.843 bits per heavy atom. The van der Waals surface area contributed by atoms with Crippen LogP contribution in [0.5, 0.6) is 0 Å². The van der Waals surface area contributed by atoms with Crippen molar-refractivity contribution in [2.24, 2.45) is 0 Å². The van der Waals surface area contributed by atoms with E-state index in [9.17, 15) is 14.4 Å². The van der Waals surface area contributed by atoms with Gasteiger partial charge in [-0.15, -0.1) is 0 Å². The molecule has 0 radical (unpaired) electrons. The lowest BCUT2D eigenvalue weighted by molar-refractivity contribution is -0.167. The molecule has 0 aliphatic rings. The summed E-state index contributed by atoms with van der Waals surface area (Å²) in [5.74, 6) is -0.874. The van der Waals surface area contributed by atoms with Crippen molar-refractivity contribution < 1.29 is 28.6 Å². The van der Waals surface area contributed by atoms with Crippen LogP contribution in [0.1, 0.15) is 323 Å². The predicted molar refractivity (Wildman–Crippen MR) is 302 cm³/mol. The first kappa shape index (κ1) is 67.4. The molecule has 0 spiro atoms. The van der Waals surface area contributed by atoms with E-state index < -0.39 is 6.10 Å². The van der Waals surface area contributed by atoms with E-state index in [0.717, 1.165) is 96.3 Å². The molecule has 1 unspecified atom stereocenters. The highest BCUT2D eigenvalue weighted by molar-refractivity contribution is 5.71. The zero-order chi connectivity index (χ0) is 50.7. The molecule has 0 aromatic rings. The van der Waals surface area contributed by atoms with E-state index in [1.54, 1.807) is 0 Å². The Kier molecular flexibility index (Phi) is 56.7. The van der Waals surface area contributed by atoms with Crippen molar-refractivity contribution in [3.8, 4) is 0 Å². The molecule has 70 heavy (non-hydrogen) atoms. The summed E-state index contributed by atoms with van der Waals surface area (Å²) in [6, 6.07) is 0. The second-order valence-electron chi connectivity index (χ2n) is 20.6. The Morgan fingerprint density at radius 1 is 0.286 bits per heavy atom. The minimum absolute atomic E-state index is 0.0751. The first-order chi connectivity index (χ1) is 34.5. The lowest BCUT2D eigenvalue weighted by Crippen LogP contribution is -2.30.